The lowest BCUT2D eigenvalue weighted by Crippen LogP contribution is -2.49. The van der Waals surface area contributed by atoms with Gasteiger partial charge in [0.2, 0.25) is 0 Å². The van der Waals surface area contributed by atoms with Crippen LogP contribution in [0.4, 0.5) is 19.3 Å². The molecular weight excluding hydrogens is 336 g/mol. The van der Waals surface area contributed by atoms with E-state index < -0.39 is 17.7 Å². The van der Waals surface area contributed by atoms with Crippen LogP contribution in [-0.2, 0) is 12.8 Å². The number of rotatable bonds is 5. The van der Waals surface area contributed by atoms with E-state index in [-0.39, 0.29) is 23.7 Å². The van der Waals surface area contributed by atoms with Crippen LogP contribution in [0.1, 0.15) is 24.0 Å². The summed E-state index contributed by atoms with van der Waals surface area (Å²) in [6.45, 7) is 1.47. The fourth-order valence-corrected chi connectivity index (χ4v) is 3.47. The number of piperidine rings is 1. The van der Waals surface area contributed by atoms with Crippen molar-refractivity contribution in [3.8, 4) is 0 Å². The number of primary amides is 1. The first-order chi connectivity index (χ1) is 12.6. The molecule has 1 aliphatic heterocycles. The summed E-state index contributed by atoms with van der Waals surface area (Å²) in [4.78, 5) is 13.3. The number of amides is 2. The molecule has 0 unspecified atom stereocenters. The zero-order valence-corrected chi connectivity index (χ0v) is 14.6. The highest BCUT2D eigenvalue weighted by Crippen LogP contribution is 2.29. The van der Waals surface area contributed by atoms with Gasteiger partial charge < -0.3 is 11.1 Å². The Morgan fingerprint density at radius 1 is 1.08 bits per heavy atom. The summed E-state index contributed by atoms with van der Waals surface area (Å²) in [5.41, 5.74) is 6.59. The van der Waals surface area contributed by atoms with E-state index in [9.17, 15) is 9.18 Å². The molecule has 2 aromatic carbocycles. The molecule has 2 amide bonds. The van der Waals surface area contributed by atoms with E-state index >= 15 is 4.39 Å². The first-order valence-electron chi connectivity index (χ1n) is 8.88. The van der Waals surface area contributed by atoms with Gasteiger partial charge in [0.25, 0.3) is 0 Å². The first kappa shape index (κ1) is 18.3. The maximum absolute atomic E-state index is 15.1. The Labute approximate surface area is 152 Å². The van der Waals surface area contributed by atoms with Crippen molar-refractivity contribution in [2.75, 3.05) is 18.0 Å². The molecular formula is C20H23F2N3O. The summed E-state index contributed by atoms with van der Waals surface area (Å²) in [5.74, 6) is -1.30. The van der Waals surface area contributed by atoms with Gasteiger partial charge in [-0.25, -0.2) is 13.6 Å². The van der Waals surface area contributed by atoms with Gasteiger partial charge in [0.05, 0.1) is 5.69 Å². The van der Waals surface area contributed by atoms with Crippen LogP contribution in [0.25, 0.3) is 0 Å². The molecule has 0 bridgehead atoms. The minimum Gasteiger partial charge on any atom is -0.351 e. The molecule has 0 spiro atoms. The Morgan fingerprint density at radius 3 is 2.42 bits per heavy atom. The molecule has 1 aliphatic rings. The van der Waals surface area contributed by atoms with Crippen LogP contribution >= 0.6 is 0 Å². The lowest BCUT2D eigenvalue weighted by atomic mass is 10.0. The highest BCUT2D eigenvalue weighted by Gasteiger charge is 2.29. The van der Waals surface area contributed by atoms with Crippen LogP contribution in [0.15, 0.2) is 42.5 Å². The number of carbonyl (C=O) groups excluding carboxylic acids is 1. The van der Waals surface area contributed by atoms with E-state index in [1.165, 1.54) is 17.0 Å². The number of benzene rings is 2. The maximum atomic E-state index is 15.1. The molecule has 0 aliphatic carbocycles. The van der Waals surface area contributed by atoms with E-state index in [4.69, 9.17) is 5.73 Å². The van der Waals surface area contributed by atoms with E-state index in [1.54, 1.807) is 0 Å². The lowest BCUT2D eigenvalue weighted by Gasteiger charge is -2.34. The van der Waals surface area contributed by atoms with Crippen molar-refractivity contribution in [3.05, 3.63) is 65.2 Å². The van der Waals surface area contributed by atoms with Gasteiger partial charge in [-0.15, -0.1) is 0 Å². The highest BCUT2D eigenvalue weighted by atomic mass is 19.1. The Kier molecular flexibility index (Phi) is 5.83. The summed E-state index contributed by atoms with van der Waals surface area (Å²) < 4.78 is 29.4. The van der Waals surface area contributed by atoms with Crippen LogP contribution in [0.3, 0.4) is 0 Å². The van der Waals surface area contributed by atoms with Gasteiger partial charge in [-0.1, -0.05) is 30.3 Å². The molecule has 26 heavy (non-hydrogen) atoms. The SMILES string of the molecule is NC(=O)N(c1ccc(F)c(CCc2ccccc2)c1F)C1CCNCC1. The number of halogens is 2. The quantitative estimate of drug-likeness (QED) is 0.860. The minimum atomic E-state index is -0.712. The number of nitrogens with zero attached hydrogens (tertiary/aromatic N) is 1. The molecule has 3 rings (SSSR count). The van der Waals surface area contributed by atoms with Gasteiger partial charge in [-0.2, -0.15) is 0 Å². The maximum Gasteiger partial charge on any atom is 0.319 e. The topological polar surface area (TPSA) is 58.4 Å². The summed E-state index contributed by atoms with van der Waals surface area (Å²) in [6.07, 6.45) is 2.09. The van der Waals surface area contributed by atoms with Crippen LogP contribution in [0.2, 0.25) is 0 Å². The molecule has 0 saturated carbocycles. The van der Waals surface area contributed by atoms with Gasteiger partial charge in [0, 0.05) is 11.6 Å². The van der Waals surface area contributed by atoms with Crippen molar-refractivity contribution in [1.29, 1.82) is 0 Å². The number of hydrogen-bond acceptors (Lipinski definition) is 2. The van der Waals surface area contributed by atoms with Gasteiger partial charge in [0.15, 0.2) is 5.82 Å². The molecule has 2 aromatic rings. The third kappa shape index (κ3) is 4.02. The molecule has 0 atom stereocenters. The number of anilines is 1. The number of carbonyl (C=O) groups is 1. The highest BCUT2D eigenvalue weighted by molar-refractivity contribution is 5.91. The fourth-order valence-electron chi connectivity index (χ4n) is 3.47. The molecule has 1 heterocycles. The average molecular weight is 359 g/mol. The van der Waals surface area contributed by atoms with Gasteiger partial charge in [-0.05, 0) is 56.5 Å². The smallest absolute Gasteiger partial charge is 0.319 e. The Morgan fingerprint density at radius 2 is 1.77 bits per heavy atom. The molecule has 0 aromatic heterocycles. The molecule has 4 nitrogen and oxygen atoms in total. The molecule has 138 valence electrons. The number of urea groups is 1. The monoisotopic (exact) mass is 359 g/mol. The van der Waals surface area contributed by atoms with Crippen LogP contribution in [-0.4, -0.2) is 25.2 Å². The molecule has 6 heteroatoms. The fraction of sp³-hybridized carbons (Fsp3) is 0.350. The number of nitrogens with one attached hydrogen (secondary N) is 1. The summed E-state index contributed by atoms with van der Waals surface area (Å²) in [6, 6.07) is 11.2. The first-order valence-corrected chi connectivity index (χ1v) is 8.88. The Balaban J connectivity index is 1.88. The second kappa shape index (κ2) is 8.27. The zero-order valence-electron chi connectivity index (χ0n) is 14.6. The Hall–Kier alpha value is -2.47. The molecule has 0 radical (unpaired) electrons. The molecule has 1 saturated heterocycles. The van der Waals surface area contributed by atoms with Crippen LogP contribution in [0.5, 0.6) is 0 Å². The Bertz CT molecular complexity index is 761. The van der Waals surface area contributed by atoms with Crippen molar-refractivity contribution < 1.29 is 13.6 Å². The third-order valence-corrected chi connectivity index (χ3v) is 4.84. The number of aryl methyl sites for hydroxylation is 1. The summed E-state index contributed by atoms with van der Waals surface area (Å²) >= 11 is 0. The van der Waals surface area contributed by atoms with Crippen molar-refractivity contribution in [2.45, 2.75) is 31.7 Å². The molecule has 3 N–H and O–H groups in total. The lowest BCUT2D eigenvalue weighted by molar-refractivity contribution is 0.249. The zero-order chi connectivity index (χ0) is 18.5. The summed E-state index contributed by atoms with van der Waals surface area (Å²) in [7, 11) is 0. The average Bonchev–Trinajstić information content (AvgIpc) is 2.65. The van der Waals surface area contributed by atoms with E-state index in [0.717, 1.165) is 18.7 Å². The van der Waals surface area contributed by atoms with Crippen molar-refractivity contribution >= 4 is 11.7 Å². The second-order valence-electron chi connectivity index (χ2n) is 6.53. The second-order valence-corrected chi connectivity index (χ2v) is 6.53. The van der Waals surface area contributed by atoms with E-state index in [0.29, 0.717) is 19.3 Å². The normalized spacial score (nSPS) is 15.0. The van der Waals surface area contributed by atoms with Gasteiger partial charge in [0.1, 0.15) is 5.82 Å². The number of nitrogens with two attached hydrogens (primary N) is 1. The van der Waals surface area contributed by atoms with Crippen molar-refractivity contribution in [3.63, 3.8) is 0 Å². The third-order valence-electron chi connectivity index (χ3n) is 4.84. The van der Waals surface area contributed by atoms with Crippen molar-refractivity contribution in [1.82, 2.24) is 5.32 Å². The minimum absolute atomic E-state index is 0.00784. The van der Waals surface area contributed by atoms with Crippen LogP contribution < -0.4 is 16.0 Å². The largest absolute Gasteiger partial charge is 0.351 e. The molecule has 1 fully saturated rings. The van der Waals surface area contributed by atoms with Crippen molar-refractivity contribution in [2.24, 2.45) is 5.73 Å². The predicted molar refractivity (Wildman–Crippen MR) is 98.2 cm³/mol. The van der Waals surface area contributed by atoms with Gasteiger partial charge in [-0.3, -0.25) is 4.90 Å². The van der Waals surface area contributed by atoms with Crippen LogP contribution in [0, 0.1) is 11.6 Å². The van der Waals surface area contributed by atoms with E-state index in [2.05, 4.69) is 5.32 Å². The number of hydrogen-bond donors (Lipinski definition) is 2. The predicted octanol–water partition coefficient (Wildman–Crippen LogP) is 3.39. The summed E-state index contributed by atoms with van der Waals surface area (Å²) in [5, 5.41) is 3.20. The van der Waals surface area contributed by atoms with Gasteiger partial charge >= 0.3 is 6.03 Å². The standard InChI is InChI=1S/C20H23F2N3O/c21-17-8-9-18(25(20(23)26)15-10-12-24-13-11-15)19(22)16(17)7-6-14-4-2-1-3-5-14/h1-5,8-9,15,24H,6-7,10-13H2,(H2,23,26). The van der Waals surface area contributed by atoms with E-state index in [1.807, 2.05) is 30.3 Å².